The smallest absolute Gasteiger partial charge is 0.347 e. The molecule has 0 aliphatic carbocycles. The maximum absolute atomic E-state index is 12.8. The number of allylic oxidation sites excluding steroid dienone is 2. The number of esters is 2. The van der Waals surface area contributed by atoms with Crippen molar-refractivity contribution < 1.29 is 28.9 Å². The summed E-state index contributed by atoms with van der Waals surface area (Å²) < 4.78 is 10.1. The second-order valence-corrected chi connectivity index (χ2v) is 9.67. The molecule has 0 heterocycles. The van der Waals surface area contributed by atoms with Gasteiger partial charge in [0.1, 0.15) is 31.8 Å². The predicted octanol–water partition coefficient (Wildman–Crippen LogP) is 4.31. The number of hydrogen-bond donors (Lipinski definition) is 2. The highest BCUT2D eigenvalue weighted by atomic mass is 32.2. The van der Waals surface area contributed by atoms with Gasteiger partial charge in [-0.3, -0.25) is 20.2 Å². The van der Waals surface area contributed by atoms with Crippen LogP contribution < -0.4 is 11.5 Å². The van der Waals surface area contributed by atoms with Gasteiger partial charge < -0.3 is 20.9 Å². The molecule has 0 amide bonds. The topological polar surface area (TPSA) is 238 Å². The minimum Gasteiger partial charge on any atom is -0.462 e. The third-order valence-electron chi connectivity index (χ3n) is 4.96. The maximum atomic E-state index is 12.8. The fourth-order valence-electron chi connectivity index (χ4n) is 3.09. The summed E-state index contributed by atoms with van der Waals surface area (Å²) in [6.07, 6.45) is 0. The van der Waals surface area contributed by atoms with Crippen molar-refractivity contribution >= 4 is 58.2 Å². The number of nitriles is 2. The third kappa shape index (κ3) is 8.34. The molecular weight excluding hydrogens is 588 g/mol. The van der Waals surface area contributed by atoms with Gasteiger partial charge in [0.05, 0.1) is 34.5 Å². The lowest BCUT2D eigenvalue weighted by Crippen LogP contribution is -2.13. The van der Waals surface area contributed by atoms with E-state index in [4.69, 9.17) is 20.9 Å². The Labute approximate surface area is 247 Å². The van der Waals surface area contributed by atoms with Crippen molar-refractivity contribution in [1.82, 2.24) is 0 Å². The monoisotopic (exact) mass is 610 g/mol. The quantitative estimate of drug-likeness (QED) is 0.112. The van der Waals surface area contributed by atoms with E-state index in [1.54, 1.807) is 12.1 Å². The molecule has 0 spiro atoms. The van der Waals surface area contributed by atoms with Gasteiger partial charge >= 0.3 is 11.9 Å². The summed E-state index contributed by atoms with van der Waals surface area (Å²) in [4.78, 5) is 45.3. The van der Waals surface area contributed by atoms with Crippen LogP contribution in [0.2, 0.25) is 0 Å². The number of carbonyl (C=O) groups is 2. The summed E-state index contributed by atoms with van der Waals surface area (Å²) in [6.45, 7) is 2.89. The highest BCUT2D eigenvalue weighted by Gasteiger charge is 2.26. The number of thioether (sulfide) groups is 2. The van der Waals surface area contributed by atoms with E-state index in [0.717, 1.165) is 12.1 Å². The van der Waals surface area contributed by atoms with Gasteiger partial charge in [0, 0.05) is 35.4 Å². The molecule has 0 atom stereocenters. The Kier molecular flexibility index (Phi) is 12.1. The maximum Gasteiger partial charge on any atom is 0.347 e. The number of non-ortho nitro benzene ring substituents is 2. The normalized spacial score (nSPS) is 12.4. The number of rotatable bonds is 12. The van der Waals surface area contributed by atoms with E-state index in [-0.39, 0.29) is 56.9 Å². The van der Waals surface area contributed by atoms with E-state index in [2.05, 4.69) is 0 Å². The zero-order valence-corrected chi connectivity index (χ0v) is 23.7. The first-order valence-corrected chi connectivity index (χ1v) is 13.4. The number of nitrogens with zero attached hydrogens (tertiary/aromatic N) is 4. The summed E-state index contributed by atoms with van der Waals surface area (Å²) in [5.41, 5.74) is 11.4. The molecule has 2 rings (SSSR count). The largest absolute Gasteiger partial charge is 0.462 e. The Morgan fingerprint density at radius 3 is 1.43 bits per heavy atom. The molecule has 42 heavy (non-hydrogen) atoms. The second kappa shape index (κ2) is 15.5. The van der Waals surface area contributed by atoms with Gasteiger partial charge in [0.2, 0.25) is 0 Å². The lowest BCUT2D eigenvalue weighted by molar-refractivity contribution is -0.385. The van der Waals surface area contributed by atoms with Crippen molar-refractivity contribution in [1.29, 1.82) is 10.5 Å². The van der Waals surface area contributed by atoms with Gasteiger partial charge in [-0.25, -0.2) is 9.59 Å². The Morgan fingerprint density at radius 1 is 0.786 bits per heavy atom. The van der Waals surface area contributed by atoms with Crippen LogP contribution in [0.3, 0.4) is 0 Å². The SMILES string of the molecule is CCOC(=O)/C(S/C(C#N)=C(/C#N)S/C(C(=O)OCC)=C(/N)c1cccc([N+](=O)[O-])c1)=C(\N)c1cccc([N+](=O)[O-])c1. The van der Waals surface area contributed by atoms with E-state index < -0.39 is 31.6 Å². The lowest BCUT2D eigenvalue weighted by atomic mass is 10.1. The van der Waals surface area contributed by atoms with E-state index in [0.29, 0.717) is 23.5 Å². The average molecular weight is 611 g/mol. The number of carbonyl (C=O) groups excluding carboxylic acids is 2. The number of benzene rings is 2. The Morgan fingerprint density at radius 2 is 1.14 bits per heavy atom. The van der Waals surface area contributed by atoms with Crippen molar-refractivity contribution in [3.63, 3.8) is 0 Å². The van der Waals surface area contributed by atoms with Gasteiger partial charge in [0.25, 0.3) is 11.4 Å². The molecule has 0 saturated carbocycles. The van der Waals surface area contributed by atoms with Gasteiger partial charge in [-0.2, -0.15) is 10.5 Å². The molecule has 14 nitrogen and oxygen atoms in total. The number of nitro benzene ring substituents is 2. The van der Waals surface area contributed by atoms with Crippen LogP contribution in [0, 0.1) is 42.9 Å². The molecule has 4 N–H and O–H groups in total. The van der Waals surface area contributed by atoms with Gasteiger partial charge in [0.15, 0.2) is 0 Å². The third-order valence-corrected chi connectivity index (χ3v) is 7.27. The van der Waals surface area contributed by atoms with E-state index in [9.17, 15) is 40.3 Å². The Balaban J connectivity index is 2.72. The molecule has 216 valence electrons. The van der Waals surface area contributed by atoms with Crippen LogP contribution in [-0.4, -0.2) is 35.0 Å². The fraction of sp³-hybridized carbons (Fsp3) is 0.154. The van der Waals surface area contributed by atoms with Gasteiger partial charge in [-0.15, -0.1) is 0 Å². The molecular formula is C26H22N6O8S2. The summed E-state index contributed by atoms with van der Waals surface area (Å²) in [7, 11) is 0. The zero-order chi connectivity index (χ0) is 31.4. The first-order chi connectivity index (χ1) is 20.0. The lowest BCUT2D eigenvalue weighted by Gasteiger charge is -2.13. The van der Waals surface area contributed by atoms with Crippen molar-refractivity contribution in [3.05, 3.63) is 99.5 Å². The summed E-state index contributed by atoms with van der Waals surface area (Å²) >= 11 is 0.899. The van der Waals surface area contributed by atoms with Crippen LogP contribution in [0.5, 0.6) is 0 Å². The van der Waals surface area contributed by atoms with Gasteiger partial charge in [-0.05, 0) is 13.8 Å². The molecule has 0 radical (unpaired) electrons. The van der Waals surface area contributed by atoms with Crippen molar-refractivity contribution in [2.45, 2.75) is 13.8 Å². The summed E-state index contributed by atoms with van der Waals surface area (Å²) in [5, 5.41) is 42.3. The summed E-state index contributed by atoms with van der Waals surface area (Å²) in [5.74, 6) is -1.95. The molecule has 0 bridgehead atoms. The van der Waals surface area contributed by atoms with Crippen molar-refractivity contribution in [2.75, 3.05) is 13.2 Å². The average Bonchev–Trinajstić information content (AvgIpc) is 2.98. The second-order valence-electron chi connectivity index (χ2n) is 7.63. The van der Waals surface area contributed by atoms with Crippen LogP contribution in [0.15, 0.2) is 68.2 Å². The number of hydrogen-bond acceptors (Lipinski definition) is 14. The molecule has 0 aliphatic heterocycles. The number of nitro groups is 2. The first kappa shape index (κ1) is 32.9. The van der Waals surface area contributed by atoms with Crippen LogP contribution in [0.4, 0.5) is 11.4 Å². The molecule has 2 aromatic rings. The molecule has 0 aromatic heterocycles. The fourth-order valence-corrected chi connectivity index (χ4v) is 4.85. The standard InChI is InChI=1S/C26H22N6O8S2/c1-3-39-25(33)23(21(29)15-7-5-9-17(11-15)31(35)36)41-19(13-27)20(14-28)42-24(26(34)40-4-2)22(30)16-8-6-10-18(12-16)32(37)38/h5-12H,3-4,29-30H2,1-2H3/b20-19-,23-21+,24-22+. The minimum absolute atomic E-state index is 0.0743. The molecule has 0 aliphatic rings. The predicted molar refractivity (Wildman–Crippen MR) is 155 cm³/mol. The Bertz CT molecular complexity index is 1490. The van der Waals surface area contributed by atoms with Gasteiger partial charge in [-0.1, -0.05) is 47.8 Å². The van der Waals surface area contributed by atoms with Crippen LogP contribution in [-0.2, 0) is 19.1 Å². The first-order valence-electron chi connectivity index (χ1n) is 11.7. The highest BCUT2D eigenvalue weighted by Crippen LogP contribution is 2.40. The van der Waals surface area contributed by atoms with Crippen LogP contribution >= 0.6 is 23.5 Å². The van der Waals surface area contributed by atoms with E-state index in [1.165, 1.54) is 50.2 Å². The zero-order valence-electron chi connectivity index (χ0n) is 22.1. The van der Waals surface area contributed by atoms with E-state index >= 15 is 0 Å². The number of nitrogens with two attached hydrogens (primary N) is 2. The molecule has 0 saturated heterocycles. The van der Waals surface area contributed by atoms with Crippen LogP contribution in [0.25, 0.3) is 11.4 Å². The number of ether oxygens (including phenoxy) is 2. The van der Waals surface area contributed by atoms with Crippen molar-refractivity contribution in [3.8, 4) is 12.1 Å². The van der Waals surface area contributed by atoms with Crippen molar-refractivity contribution in [2.24, 2.45) is 11.5 Å². The molecule has 2 aromatic carbocycles. The molecule has 16 heteroatoms. The Hall–Kier alpha value is -5.32. The highest BCUT2D eigenvalue weighted by molar-refractivity contribution is 8.11. The van der Waals surface area contributed by atoms with E-state index in [1.807, 2.05) is 0 Å². The minimum atomic E-state index is -0.973. The van der Waals surface area contributed by atoms with Crippen LogP contribution in [0.1, 0.15) is 25.0 Å². The molecule has 0 unspecified atom stereocenters. The summed E-state index contributed by atoms with van der Waals surface area (Å²) in [6, 6.07) is 13.7. The molecule has 0 fully saturated rings.